The van der Waals surface area contributed by atoms with Gasteiger partial charge in [0.1, 0.15) is 28.9 Å². The number of benzene rings is 2. The van der Waals surface area contributed by atoms with Crippen LogP contribution in [0.25, 0.3) is 0 Å². The molecule has 3 amide bonds. The summed E-state index contributed by atoms with van der Waals surface area (Å²) < 4.78 is 10.9. The zero-order valence-electron chi connectivity index (χ0n) is 37.9. The Morgan fingerprint density at radius 2 is 1.06 bits per heavy atom. The van der Waals surface area contributed by atoms with E-state index in [0.29, 0.717) is 34.1 Å². The number of ether oxygens (including phenoxy) is 2. The number of amides is 3. The van der Waals surface area contributed by atoms with E-state index in [1.54, 1.807) is 12.1 Å². The minimum absolute atomic E-state index is 0.0194. The number of rotatable bonds is 11. The largest absolute Gasteiger partial charge is 0.444 e. The van der Waals surface area contributed by atoms with Crippen molar-refractivity contribution in [2.24, 2.45) is 5.73 Å². The molecule has 0 saturated heterocycles. The maximum Gasteiger partial charge on any atom is 0.407 e. The number of anilines is 6. The third kappa shape index (κ3) is 15.4. The fourth-order valence-corrected chi connectivity index (χ4v) is 7.59. The van der Waals surface area contributed by atoms with Crippen molar-refractivity contribution < 1.29 is 23.9 Å². The van der Waals surface area contributed by atoms with Crippen LogP contribution in [0.15, 0.2) is 72.8 Å². The van der Waals surface area contributed by atoms with Crippen LogP contribution >= 0.6 is 0 Å². The van der Waals surface area contributed by atoms with Gasteiger partial charge in [0.2, 0.25) is 0 Å². The van der Waals surface area contributed by atoms with Gasteiger partial charge in [-0.2, -0.15) is 5.26 Å². The quantitative estimate of drug-likeness (QED) is 0.0750. The van der Waals surface area contributed by atoms with Crippen molar-refractivity contribution in [3.05, 3.63) is 95.3 Å². The van der Waals surface area contributed by atoms with Crippen LogP contribution in [-0.4, -0.2) is 63.4 Å². The smallest absolute Gasteiger partial charge is 0.407 e. The van der Waals surface area contributed by atoms with Gasteiger partial charge >= 0.3 is 12.2 Å². The molecule has 336 valence electrons. The predicted octanol–water partition coefficient (Wildman–Crippen LogP) is 9.73. The van der Waals surface area contributed by atoms with Crippen LogP contribution in [0.1, 0.15) is 120 Å². The second-order valence-electron chi connectivity index (χ2n) is 18.2. The third-order valence-electron chi connectivity index (χ3n) is 10.4. The van der Waals surface area contributed by atoms with E-state index in [-0.39, 0.29) is 30.3 Å². The molecule has 8 N–H and O–H groups in total. The van der Waals surface area contributed by atoms with Crippen molar-refractivity contribution in [1.82, 2.24) is 20.6 Å². The first-order valence-electron chi connectivity index (χ1n) is 21.8. The average molecular weight is 861 g/mol. The Bertz CT molecular complexity index is 2250. The number of nitrogens with zero attached hydrogens (tertiary/aromatic N) is 3. The summed E-state index contributed by atoms with van der Waals surface area (Å²) in [5, 5.41) is 29.1. The van der Waals surface area contributed by atoms with Crippen LogP contribution in [0.2, 0.25) is 0 Å². The molecular formula is C48H64N10O5. The Morgan fingerprint density at radius 1 is 0.635 bits per heavy atom. The monoisotopic (exact) mass is 861 g/mol. The number of nitrogens with one attached hydrogen (secondary N) is 6. The Labute approximate surface area is 371 Å². The van der Waals surface area contributed by atoms with Crippen LogP contribution in [0, 0.1) is 25.2 Å². The standard InChI is InChI=1S/C24H33N5O3.C24H31N5O2/c1-15-8-7-11-21(26-15)28-20-14-16(12-13-17(20)22(25)30)27-18-9-5-6-10-19(18)29-23(31)32-24(2,3)4;1-16-8-7-11-22(26-16)28-21-14-18(13-12-17(21)15-25)27-19-9-5-6-10-20(19)29-23(30)31-24(2,3)4/h7-8,11-14,18-19,27H,5-6,9-10H2,1-4H3,(H2,25,30)(H,26,28)(H,29,31);7-8,11-14,19-20,27H,5-6,9-10H2,1-4H3,(H,26,28)(H,29,30)/t18-,19+;19-,20+/m11/s1. The fourth-order valence-electron chi connectivity index (χ4n) is 7.59. The highest BCUT2D eigenvalue weighted by molar-refractivity contribution is 5.99. The number of alkyl carbamates (subject to hydrolysis) is 2. The lowest BCUT2D eigenvalue weighted by Crippen LogP contribution is -2.49. The number of carbonyl (C=O) groups excluding carboxylic acids is 3. The first kappa shape index (κ1) is 47.5. The normalized spacial score (nSPS) is 18.5. The molecule has 2 aromatic heterocycles. The molecule has 0 bridgehead atoms. The minimum atomic E-state index is -0.545. The number of aromatic nitrogens is 2. The summed E-state index contributed by atoms with van der Waals surface area (Å²) in [5.41, 5.74) is 10.2. The van der Waals surface area contributed by atoms with Crippen molar-refractivity contribution in [1.29, 1.82) is 5.26 Å². The Kier molecular flexibility index (Phi) is 16.2. The summed E-state index contributed by atoms with van der Waals surface area (Å²) in [4.78, 5) is 45.4. The number of nitrogens with two attached hydrogens (primary N) is 1. The molecule has 63 heavy (non-hydrogen) atoms. The van der Waals surface area contributed by atoms with Gasteiger partial charge in [-0.1, -0.05) is 37.8 Å². The van der Waals surface area contributed by atoms with E-state index in [1.165, 1.54) is 0 Å². The third-order valence-corrected chi connectivity index (χ3v) is 10.4. The first-order valence-corrected chi connectivity index (χ1v) is 21.8. The van der Waals surface area contributed by atoms with Gasteiger partial charge in [-0.15, -0.1) is 0 Å². The summed E-state index contributed by atoms with van der Waals surface area (Å²) >= 11 is 0. The van der Waals surface area contributed by atoms with Gasteiger partial charge in [-0.25, -0.2) is 19.6 Å². The van der Waals surface area contributed by atoms with Crippen molar-refractivity contribution in [3.8, 4) is 6.07 Å². The topological polar surface area (TPSA) is 217 Å². The molecule has 4 aromatic rings. The maximum atomic E-state index is 12.3. The highest BCUT2D eigenvalue weighted by Gasteiger charge is 2.30. The van der Waals surface area contributed by atoms with Gasteiger partial charge in [0.15, 0.2) is 0 Å². The van der Waals surface area contributed by atoms with E-state index < -0.39 is 23.2 Å². The van der Waals surface area contributed by atoms with Crippen LogP contribution < -0.4 is 37.6 Å². The molecule has 2 heterocycles. The molecule has 0 spiro atoms. The van der Waals surface area contributed by atoms with Crippen LogP contribution in [0.4, 0.5) is 44.0 Å². The molecule has 4 atom stereocenters. The number of hydrogen-bond donors (Lipinski definition) is 7. The molecule has 2 aromatic carbocycles. The Balaban J connectivity index is 0.000000238. The summed E-state index contributed by atoms with van der Waals surface area (Å²) in [7, 11) is 0. The number of pyridine rings is 2. The van der Waals surface area contributed by atoms with Gasteiger partial charge < -0.3 is 47.1 Å². The number of hydrogen-bond acceptors (Lipinski definition) is 12. The van der Waals surface area contributed by atoms with Gasteiger partial charge in [0.05, 0.1) is 34.6 Å². The highest BCUT2D eigenvalue weighted by atomic mass is 16.6. The minimum Gasteiger partial charge on any atom is -0.444 e. The molecular weight excluding hydrogens is 797 g/mol. The van der Waals surface area contributed by atoms with Gasteiger partial charge in [0.25, 0.3) is 5.91 Å². The number of primary amides is 1. The summed E-state index contributed by atoms with van der Waals surface area (Å²) in [6, 6.07) is 24.6. The van der Waals surface area contributed by atoms with Crippen LogP contribution in [-0.2, 0) is 9.47 Å². The summed E-state index contributed by atoms with van der Waals surface area (Å²) in [6.07, 6.45) is 7.11. The second-order valence-corrected chi connectivity index (χ2v) is 18.2. The van der Waals surface area contributed by atoms with Crippen molar-refractivity contribution in [3.63, 3.8) is 0 Å². The van der Waals surface area contributed by atoms with Crippen molar-refractivity contribution in [2.45, 2.75) is 142 Å². The zero-order valence-corrected chi connectivity index (χ0v) is 37.9. The van der Waals surface area contributed by atoms with Crippen molar-refractivity contribution >= 4 is 52.5 Å². The number of nitriles is 1. The molecule has 2 saturated carbocycles. The molecule has 2 aliphatic carbocycles. The highest BCUT2D eigenvalue weighted by Crippen LogP contribution is 2.30. The molecule has 0 radical (unpaired) electrons. The van der Waals surface area contributed by atoms with Gasteiger partial charge in [0, 0.05) is 34.8 Å². The van der Waals surface area contributed by atoms with E-state index in [2.05, 4.69) is 47.9 Å². The van der Waals surface area contributed by atoms with Gasteiger partial charge in [-0.3, -0.25) is 4.79 Å². The van der Waals surface area contributed by atoms with E-state index in [0.717, 1.165) is 74.1 Å². The molecule has 0 unspecified atom stereocenters. The lowest BCUT2D eigenvalue weighted by atomic mass is 9.90. The molecule has 2 fully saturated rings. The first-order chi connectivity index (χ1) is 29.8. The molecule has 15 nitrogen and oxygen atoms in total. The van der Waals surface area contributed by atoms with E-state index >= 15 is 0 Å². The lowest BCUT2D eigenvalue weighted by Gasteiger charge is -2.34. The average Bonchev–Trinajstić information content (AvgIpc) is 3.18. The van der Waals surface area contributed by atoms with Crippen molar-refractivity contribution in [2.75, 3.05) is 21.3 Å². The Hall–Kier alpha value is -6.56. The predicted molar refractivity (Wildman–Crippen MR) is 249 cm³/mol. The number of aryl methyl sites for hydroxylation is 2. The fraction of sp³-hybridized carbons (Fsp3) is 0.458. The zero-order chi connectivity index (χ0) is 45.7. The SMILES string of the molecule is Cc1cccc(Nc2cc(N[C@@H]3CCCC[C@@H]3NC(=O)OC(C)(C)C)ccc2C#N)n1.Cc1cccc(Nc2cc(N[C@@H]3CCCC[C@@H]3NC(=O)OC(C)(C)C)ccc2C(N)=O)n1. The maximum absolute atomic E-state index is 12.3. The number of carbonyl (C=O) groups is 3. The Morgan fingerprint density at radius 3 is 1.49 bits per heavy atom. The molecule has 6 rings (SSSR count). The summed E-state index contributed by atoms with van der Waals surface area (Å²) in [5.74, 6) is 0.802. The van der Waals surface area contributed by atoms with E-state index in [9.17, 15) is 19.6 Å². The van der Waals surface area contributed by atoms with Gasteiger partial charge in [-0.05, 0) is 142 Å². The second kappa shape index (κ2) is 21.5. The van der Waals surface area contributed by atoms with E-state index in [1.807, 2.05) is 116 Å². The molecule has 0 aliphatic heterocycles. The van der Waals surface area contributed by atoms with Crippen LogP contribution in [0.5, 0.6) is 0 Å². The summed E-state index contributed by atoms with van der Waals surface area (Å²) in [6.45, 7) is 14.9. The molecule has 2 aliphatic rings. The van der Waals surface area contributed by atoms with Crippen LogP contribution in [0.3, 0.4) is 0 Å². The lowest BCUT2D eigenvalue weighted by molar-refractivity contribution is 0.0477. The molecule has 15 heteroatoms. The van der Waals surface area contributed by atoms with E-state index in [4.69, 9.17) is 15.2 Å².